The monoisotopic (exact) mass is 495 g/mol. The Balaban J connectivity index is 0.00000261. The van der Waals surface area contributed by atoms with Crippen LogP contribution < -0.4 is 10.6 Å². The van der Waals surface area contributed by atoms with Gasteiger partial charge in [-0.1, -0.05) is 24.3 Å². The Morgan fingerprint density at radius 1 is 1.11 bits per heavy atom. The normalized spacial score (nSPS) is 11.1. The first kappa shape index (κ1) is 21.4. The molecule has 0 saturated heterocycles. The van der Waals surface area contributed by atoms with E-state index in [1.165, 1.54) is 20.9 Å². The summed E-state index contributed by atoms with van der Waals surface area (Å²) in [5.41, 5.74) is 2.50. The summed E-state index contributed by atoms with van der Waals surface area (Å²) in [5.74, 6) is 1.84. The van der Waals surface area contributed by atoms with Crippen LogP contribution in [-0.4, -0.2) is 22.6 Å². The van der Waals surface area contributed by atoms with Crippen LogP contribution >= 0.6 is 35.3 Å². The van der Waals surface area contributed by atoms with Gasteiger partial charge in [0.25, 0.3) is 0 Å². The van der Waals surface area contributed by atoms with E-state index in [9.17, 15) is 0 Å². The molecule has 0 aliphatic heterocycles. The van der Waals surface area contributed by atoms with Crippen LogP contribution in [0.5, 0.6) is 0 Å². The van der Waals surface area contributed by atoms with Gasteiger partial charge < -0.3 is 15.2 Å². The molecule has 0 saturated carbocycles. The molecular weight excluding hydrogens is 469 g/mol. The molecule has 0 radical (unpaired) electrons. The first-order valence-electron chi connectivity index (χ1n) is 8.69. The molecule has 0 spiro atoms. The Morgan fingerprint density at radius 2 is 1.89 bits per heavy atom. The zero-order valence-electron chi connectivity index (χ0n) is 15.9. The van der Waals surface area contributed by atoms with E-state index in [-0.39, 0.29) is 24.0 Å². The summed E-state index contributed by atoms with van der Waals surface area (Å²) < 4.78 is 2.15. The minimum Gasteiger partial charge on any atom is -0.352 e. The van der Waals surface area contributed by atoms with Gasteiger partial charge in [-0.05, 0) is 37.1 Å². The van der Waals surface area contributed by atoms with Crippen LogP contribution in [0, 0.1) is 13.8 Å². The number of aryl methyl sites for hydroxylation is 2. The van der Waals surface area contributed by atoms with Gasteiger partial charge in [-0.2, -0.15) is 0 Å². The van der Waals surface area contributed by atoms with E-state index in [0.29, 0.717) is 0 Å². The average Bonchev–Trinajstić information content (AvgIpc) is 3.24. The summed E-state index contributed by atoms with van der Waals surface area (Å²) in [5, 5.41) is 6.75. The smallest absolute Gasteiger partial charge is 0.191 e. The molecule has 0 atom stereocenters. The second kappa shape index (κ2) is 10.5. The molecule has 144 valence electrons. The van der Waals surface area contributed by atoms with Gasteiger partial charge in [0, 0.05) is 42.3 Å². The lowest BCUT2D eigenvalue weighted by molar-refractivity contribution is 0.758. The third-order valence-corrected chi connectivity index (χ3v) is 5.18. The van der Waals surface area contributed by atoms with Crippen molar-refractivity contribution in [3.63, 3.8) is 0 Å². The van der Waals surface area contributed by atoms with Crippen LogP contribution in [0.25, 0.3) is 0 Å². The third kappa shape index (κ3) is 6.35. The van der Waals surface area contributed by atoms with Crippen molar-refractivity contribution < 1.29 is 0 Å². The molecule has 0 amide bonds. The maximum Gasteiger partial charge on any atom is 0.191 e. The second-order valence-corrected chi connectivity index (χ2v) is 7.59. The Morgan fingerprint density at radius 3 is 2.56 bits per heavy atom. The Labute approximate surface area is 182 Å². The van der Waals surface area contributed by atoms with Crippen LogP contribution in [0.1, 0.15) is 26.7 Å². The minimum absolute atomic E-state index is 0. The van der Waals surface area contributed by atoms with E-state index in [0.717, 1.165) is 31.4 Å². The maximum atomic E-state index is 4.31. The molecular formula is C20H26IN5S. The van der Waals surface area contributed by atoms with Gasteiger partial charge in [-0.25, -0.2) is 4.98 Å². The zero-order chi connectivity index (χ0) is 18.4. The summed E-state index contributed by atoms with van der Waals surface area (Å²) in [6, 6.07) is 12.9. The highest BCUT2D eigenvalue weighted by Crippen LogP contribution is 2.14. The molecule has 2 heterocycles. The molecule has 0 bridgehead atoms. The van der Waals surface area contributed by atoms with Crippen molar-refractivity contribution >= 4 is 41.3 Å². The van der Waals surface area contributed by atoms with Crippen molar-refractivity contribution in [2.24, 2.45) is 4.99 Å². The molecule has 3 aromatic rings. The van der Waals surface area contributed by atoms with E-state index < -0.39 is 0 Å². The fraction of sp³-hybridized carbons (Fsp3) is 0.300. The number of hydrogen-bond donors (Lipinski definition) is 2. The first-order chi connectivity index (χ1) is 12.6. The van der Waals surface area contributed by atoms with Crippen molar-refractivity contribution in [2.75, 3.05) is 7.05 Å². The minimum atomic E-state index is 0. The largest absolute Gasteiger partial charge is 0.352 e. The van der Waals surface area contributed by atoms with Crippen LogP contribution in [0.3, 0.4) is 0 Å². The average molecular weight is 495 g/mol. The van der Waals surface area contributed by atoms with Crippen LogP contribution in [0.4, 0.5) is 0 Å². The van der Waals surface area contributed by atoms with Crippen LogP contribution in [0.2, 0.25) is 0 Å². The number of aliphatic imine (C=N–C) groups is 1. The SMILES string of the molecule is CN=C(NCc1cccc(Cn2ccnc2C)c1)NCc1ccc(C)s1.I. The van der Waals surface area contributed by atoms with Gasteiger partial charge in [-0.3, -0.25) is 4.99 Å². The second-order valence-electron chi connectivity index (χ2n) is 6.21. The molecule has 0 aliphatic rings. The number of nitrogens with zero attached hydrogens (tertiary/aromatic N) is 3. The molecule has 2 aromatic heterocycles. The van der Waals surface area contributed by atoms with E-state index in [1.807, 2.05) is 19.3 Å². The number of nitrogens with one attached hydrogen (secondary N) is 2. The molecule has 5 nitrogen and oxygen atoms in total. The number of thiophene rings is 1. The summed E-state index contributed by atoms with van der Waals surface area (Å²) in [6.07, 6.45) is 3.85. The summed E-state index contributed by atoms with van der Waals surface area (Å²) in [4.78, 5) is 11.2. The molecule has 27 heavy (non-hydrogen) atoms. The summed E-state index contributed by atoms with van der Waals surface area (Å²) >= 11 is 1.81. The predicted molar refractivity (Wildman–Crippen MR) is 124 cm³/mol. The molecule has 3 rings (SSSR count). The van der Waals surface area contributed by atoms with Gasteiger partial charge in [0.05, 0.1) is 6.54 Å². The highest BCUT2D eigenvalue weighted by molar-refractivity contribution is 14.0. The van der Waals surface area contributed by atoms with Crippen molar-refractivity contribution in [3.8, 4) is 0 Å². The molecule has 0 unspecified atom stereocenters. The van der Waals surface area contributed by atoms with E-state index in [2.05, 4.69) is 68.5 Å². The lowest BCUT2D eigenvalue weighted by Crippen LogP contribution is -2.36. The van der Waals surface area contributed by atoms with E-state index >= 15 is 0 Å². The van der Waals surface area contributed by atoms with Crippen LogP contribution in [-0.2, 0) is 19.6 Å². The molecule has 0 aliphatic carbocycles. The Kier molecular flexibility index (Phi) is 8.30. The van der Waals surface area contributed by atoms with Gasteiger partial charge in [0.1, 0.15) is 5.82 Å². The number of rotatable bonds is 6. The van der Waals surface area contributed by atoms with E-state index in [1.54, 1.807) is 18.4 Å². The zero-order valence-corrected chi connectivity index (χ0v) is 19.0. The number of halogens is 1. The summed E-state index contributed by atoms with van der Waals surface area (Å²) in [7, 11) is 1.80. The molecule has 1 aromatic carbocycles. The number of hydrogen-bond acceptors (Lipinski definition) is 3. The molecule has 2 N–H and O–H groups in total. The number of aromatic nitrogens is 2. The van der Waals surface area contributed by atoms with Crippen molar-refractivity contribution in [2.45, 2.75) is 33.5 Å². The molecule has 7 heteroatoms. The quantitative estimate of drug-likeness (QED) is 0.308. The van der Waals surface area contributed by atoms with Gasteiger partial charge in [0.2, 0.25) is 0 Å². The molecule has 0 fully saturated rings. The predicted octanol–water partition coefficient (Wildman–Crippen LogP) is 4.09. The van der Waals surface area contributed by atoms with Gasteiger partial charge >= 0.3 is 0 Å². The topological polar surface area (TPSA) is 54.2 Å². The van der Waals surface area contributed by atoms with Crippen LogP contribution in [0.15, 0.2) is 53.8 Å². The fourth-order valence-corrected chi connectivity index (χ4v) is 3.59. The number of imidazole rings is 1. The van der Waals surface area contributed by atoms with Crippen molar-refractivity contribution in [3.05, 3.63) is 75.5 Å². The lowest BCUT2D eigenvalue weighted by Gasteiger charge is -2.12. The third-order valence-electron chi connectivity index (χ3n) is 4.18. The standard InChI is InChI=1S/C20H25N5S.HI/c1-15-7-8-19(26-15)13-24-20(21-3)23-12-17-5-4-6-18(11-17)14-25-10-9-22-16(25)2;/h4-11H,12-14H2,1-3H3,(H2,21,23,24);1H. The number of benzene rings is 1. The Bertz CT molecular complexity index is 884. The highest BCUT2D eigenvalue weighted by Gasteiger charge is 2.03. The highest BCUT2D eigenvalue weighted by atomic mass is 127. The Hall–Kier alpha value is -1.87. The maximum absolute atomic E-state index is 4.31. The number of guanidine groups is 1. The van der Waals surface area contributed by atoms with Gasteiger partial charge in [-0.15, -0.1) is 35.3 Å². The lowest BCUT2D eigenvalue weighted by atomic mass is 10.1. The summed E-state index contributed by atoms with van der Waals surface area (Å²) in [6.45, 7) is 6.51. The fourth-order valence-electron chi connectivity index (χ4n) is 2.76. The first-order valence-corrected chi connectivity index (χ1v) is 9.51. The van der Waals surface area contributed by atoms with E-state index in [4.69, 9.17) is 0 Å². The van der Waals surface area contributed by atoms with Crippen molar-refractivity contribution in [1.29, 1.82) is 0 Å². The van der Waals surface area contributed by atoms with Gasteiger partial charge in [0.15, 0.2) is 5.96 Å². The van der Waals surface area contributed by atoms with Crippen molar-refractivity contribution in [1.82, 2.24) is 20.2 Å².